The van der Waals surface area contributed by atoms with Crippen LogP contribution in [0.25, 0.3) is 0 Å². The van der Waals surface area contributed by atoms with Crippen LogP contribution in [0.4, 0.5) is 5.69 Å². The lowest BCUT2D eigenvalue weighted by Gasteiger charge is -2.11. The highest BCUT2D eigenvalue weighted by molar-refractivity contribution is 9.10. The van der Waals surface area contributed by atoms with Crippen molar-refractivity contribution in [3.8, 4) is 0 Å². The number of sulfone groups is 1. The lowest BCUT2D eigenvalue weighted by atomic mass is 10.1. The Bertz CT molecular complexity index is 588. The first kappa shape index (κ1) is 13.8. The highest BCUT2D eigenvalue weighted by Crippen LogP contribution is 2.31. The quantitative estimate of drug-likeness (QED) is 0.889. The summed E-state index contributed by atoms with van der Waals surface area (Å²) in [6, 6.07) is 5.12. The van der Waals surface area contributed by atoms with E-state index in [2.05, 4.69) is 21.2 Å². The molecule has 0 spiro atoms. The lowest BCUT2D eigenvalue weighted by Crippen LogP contribution is -2.23. The number of benzene rings is 1. The average Bonchev–Trinajstić information content (AvgIpc) is 2.65. The molecule has 1 atom stereocenters. The lowest BCUT2D eigenvalue weighted by molar-refractivity contribution is -0.119. The Hall–Kier alpha value is -0.590. The van der Waals surface area contributed by atoms with Gasteiger partial charge >= 0.3 is 0 Å². The summed E-state index contributed by atoms with van der Waals surface area (Å²) < 4.78 is 23.2. The van der Waals surface area contributed by atoms with Crippen LogP contribution in [0.2, 0.25) is 5.02 Å². The predicted molar refractivity (Wildman–Crippen MR) is 74.5 cm³/mol. The van der Waals surface area contributed by atoms with Gasteiger partial charge in [-0.2, -0.15) is 0 Å². The van der Waals surface area contributed by atoms with Crippen molar-refractivity contribution in [2.24, 2.45) is 5.92 Å². The third kappa shape index (κ3) is 3.05. The van der Waals surface area contributed by atoms with Crippen molar-refractivity contribution in [2.75, 3.05) is 16.8 Å². The first-order valence-electron chi connectivity index (χ1n) is 5.34. The summed E-state index contributed by atoms with van der Waals surface area (Å²) in [5, 5.41) is 3.19. The summed E-state index contributed by atoms with van der Waals surface area (Å²) in [5.41, 5.74) is 0.553. The van der Waals surface area contributed by atoms with E-state index >= 15 is 0 Å². The summed E-state index contributed by atoms with van der Waals surface area (Å²) in [6.07, 6.45) is 0.381. The first-order chi connectivity index (χ1) is 8.39. The summed E-state index contributed by atoms with van der Waals surface area (Å²) in [6.45, 7) is 0. The molecule has 0 radical (unpaired) electrons. The number of anilines is 1. The maximum atomic E-state index is 11.9. The Morgan fingerprint density at radius 2 is 2.17 bits per heavy atom. The van der Waals surface area contributed by atoms with Crippen LogP contribution in [0.15, 0.2) is 22.7 Å². The molecule has 1 aromatic rings. The van der Waals surface area contributed by atoms with Crippen LogP contribution in [0.1, 0.15) is 6.42 Å². The number of halogens is 2. The van der Waals surface area contributed by atoms with Gasteiger partial charge in [0.25, 0.3) is 0 Å². The molecule has 1 heterocycles. The van der Waals surface area contributed by atoms with Crippen LogP contribution in [0.3, 0.4) is 0 Å². The molecule has 0 aliphatic carbocycles. The first-order valence-corrected chi connectivity index (χ1v) is 8.33. The van der Waals surface area contributed by atoms with Gasteiger partial charge < -0.3 is 5.32 Å². The van der Waals surface area contributed by atoms with Gasteiger partial charge in [-0.05, 0) is 34.5 Å². The molecule has 98 valence electrons. The van der Waals surface area contributed by atoms with E-state index in [0.29, 0.717) is 21.6 Å². The molecule has 1 N–H and O–H groups in total. The summed E-state index contributed by atoms with van der Waals surface area (Å²) >= 11 is 9.18. The molecule has 1 fully saturated rings. The largest absolute Gasteiger partial charge is 0.325 e. The Morgan fingerprint density at radius 3 is 2.78 bits per heavy atom. The fourth-order valence-corrected chi connectivity index (χ4v) is 4.12. The summed E-state index contributed by atoms with van der Waals surface area (Å²) in [4.78, 5) is 11.9. The van der Waals surface area contributed by atoms with Crippen LogP contribution < -0.4 is 5.32 Å². The van der Waals surface area contributed by atoms with Crippen LogP contribution >= 0.6 is 27.5 Å². The Morgan fingerprint density at radius 1 is 1.44 bits per heavy atom. The van der Waals surface area contributed by atoms with E-state index in [0.717, 1.165) is 0 Å². The molecule has 1 amide bonds. The molecule has 1 unspecified atom stereocenters. The molecule has 0 aromatic heterocycles. The third-order valence-corrected chi connectivity index (χ3v) is 5.98. The van der Waals surface area contributed by atoms with E-state index in [4.69, 9.17) is 11.6 Å². The van der Waals surface area contributed by atoms with Gasteiger partial charge in [-0.3, -0.25) is 4.79 Å². The van der Waals surface area contributed by atoms with Crippen molar-refractivity contribution >= 4 is 49.0 Å². The molecule has 0 saturated carbocycles. The van der Waals surface area contributed by atoms with Crippen LogP contribution in [-0.2, 0) is 14.6 Å². The van der Waals surface area contributed by atoms with Gasteiger partial charge in [-0.15, -0.1) is 0 Å². The van der Waals surface area contributed by atoms with E-state index in [1.54, 1.807) is 18.2 Å². The van der Waals surface area contributed by atoms with Gasteiger partial charge in [-0.25, -0.2) is 8.42 Å². The van der Waals surface area contributed by atoms with Crippen molar-refractivity contribution in [2.45, 2.75) is 6.42 Å². The van der Waals surface area contributed by atoms with Crippen molar-refractivity contribution in [1.29, 1.82) is 0 Å². The monoisotopic (exact) mass is 351 g/mol. The average molecular weight is 353 g/mol. The van der Waals surface area contributed by atoms with E-state index in [9.17, 15) is 13.2 Å². The van der Waals surface area contributed by atoms with E-state index in [-0.39, 0.29) is 17.4 Å². The van der Waals surface area contributed by atoms with Gasteiger partial charge in [0.2, 0.25) is 5.91 Å². The van der Waals surface area contributed by atoms with Crippen molar-refractivity contribution in [3.05, 3.63) is 27.7 Å². The number of hydrogen-bond donors (Lipinski definition) is 1. The zero-order valence-electron chi connectivity index (χ0n) is 9.32. The van der Waals surface area contributed by atoms with E-state index in [1.165, 1.54) is 0 Å². The fourth-order valence-electron chi connectivity index (χ4n) is 1.84. The maximum absolute atomic E-state index is 11.9. The number of nitrogens with one attached hydrogen (secondary N) is 1. The molecular formula is C11H11BrClNO3S. The fraction of sp³-hybridized carbons (Fsp3) is 0.364. The summed E-state index contributed by atoms with van der Waals surface area (Å²) in [5.74, 6) is -0.737. The third-order valence-electron chi connectivity index (χ3n) is 2.81. The molecule has 2 rings (SSSR count). The van der Waals surface area contributed by atoms with Crippen LogP contribution in [0, 0.1) is 5.92 Å². The highest BCUT2D eigenvalue weighted by atomic mass is 79.9. The number of carbonyl (C=O) groups excluding carboxylic acids is 1. The van der Waals surface area contributed by atoms with Crippen molar-refractivity contribution < 1.29 is 13.2 Å². The standard InChI is InChI=1S/C11H11BrClNO3S/c12-10-8(13)2-1-3-9(10)14-11(15)7-4-5-18(16,17)6-7/h1-3,7H,4-6H2,(H,14,15). The van der Waals surface area contributed by atoms with Gasteiger partial charge in [0.05, 0.1) is 32.6 Å². The number of hydrogen-bond acceptors (Lipinski definition) is 3. The molecule has 1 aromatic carbocycles. The van der Waals surface area contributed by atoms with Gasteiger partial charge in [-0.1, -0.05) is 17.7 Å². The topological polar surface area (TPSA) is 63.2 Å². The van der Waals surface area contributed by atoms with Gasteiger partial charge in [0.1, 0.15) is 0 Å². The second-order valence-electron chi connectivity index (χ2n) is 4.19. The normalized spacial score (nSPS) is 21.8. The van der Waals surface area contributed by atoms with Crippen LogP contribution in [0.5, 0.6) is 0 Å². The number of rotatable bonds is 2. The molecule has 1 saturated heterocycles. The number of amides is 1. The minimum absolute atomic E-state index is 0.0724. The maximum Gasteiger partial charge on any atom is 0.228 e. The second kappa shape index (κ2) is 5.19. The second-order valence-corrected chi connectivity index (χ2v) is 7.62. The SMILES string of the molecule is O=C(Nc1cccc(Cl)c1Br)C1CCS(=O)(=O)C1. The molecule has 7 heteroatoms. The molecule has 1 aliphatic rings. The summed E-state index contributed by atoms with van der Waals surface area (Å²) in [7, 11) is -3.05. The molecule has 18 heavy (non-hydrogen) atoms. The minimum atomic E-state index is -3.05. The minimum Gasteiger partial charge on any atom is -0.325 e. The molecule has 1 aliphatic heterocycles. The Labute approximate surface area is 119 Å². The predicted octanol–water partition coefficient (Wildman–Crippen LogP) is 2.48. The van der Waals surface area contributed by atoms with Crippen molar-refractivity contribution in [3.63, 3.8) is 0 Å². The van der Waals surface area contributed by atoms with Gasteiger partial charge in [0.15, 0.2) is 9.84 Å². The zero-order chi connectivity index (χ0) is 13.3. The molecular weight excluding hydrogens is 342 g/mol. The zero-order valence-corrected chi connectivity index (χ0v) is 12.5. The van der Waals surface area contributed by atoms with E-state index in [1.807, 2.05) is 0 Å². The Kier molecular flexibility index (Phi) is 3.99. The molecule has 0 bridgehead atoms. The van der Waals surface area contributed by atoms with Crippen molar-refractivity contribution in [1.82, 2.24) is 0 Å². The van der Waals surface area contributed by atoms with Gasteiger partial charge in [0, 0.05) is 0 Å². The smallest absolute Gasteiger partial charge is 0.228 e. The van der Waals surface area contributed by atoms with E-state index < -0.39 is 15.8 Å². The van der Waals surface area contributed by atoms with Crippen LogP contribution in [-0.4, -0.2) is 25.8 Å². The molecule has 4 nitrogen and oxygen atoms in total. The highest BCUT2D eigenvalue weighted by Gasteiger charge is 2.33. The Balaban J connectivity index is 2.11. The number of carbonyl (C=O) groups is 1.